The number of carbonyl (C=O) groups excluding carboxylic acids is 1. The highest BCUT2D eigenvalue weighted by molar-refractivity contribution is 7.86. The Kier molecular flexibility index (Phi) is 5.87. The minimum Gasteiger partial charge on any atom is -0.493 e. The van der Waals surface area contributed by atoms with Gasteiger partial charge in [-0.1, -0.05) is 26.0 Å². The number of fused-ring (bicyclic) bond motifs is 2. The number of hydrogen-bond acceptors (Lipinski definition) is 6. The van der Waals surface area contributed by atoms with Crippen LogP contribution in [0.1, 0.15) is 35.3 Å². The van der Waals surface area contributed by atoms with E-state index in [1.165, 1.54) is 12.7 Å². The SMILES string of the molecule is CCN(CC)Cc1cccc2[nH]c(-c3cc(OC)c(OS(C)(=O)=O)c4c3C(=O)NC4)cc12. The third kappa shape index (κ3) is 4.05. The lowest BCUT2D eigenvalue weighted by Gasteiger charge is -2.18. The molecule has 2 N–H and O–H groups in total. The van der Waals surface area contributed by atoms with E-state index in [1.807, 2.05) is 18.2 Å². The summed E-state index contributed by atoms with van der Waals surface area (Å²) in [4.78, 5) is 18.5. The molecular weight excluding hydrogens is 430 g/mol. The number of nitrogens with zero attached hydrogens (tertiary/aromatic N) is 1. The van der Waals surface area contributed by atoms with Crippen molar-refractivity contribution < 1.29 is 22.1 Å². The molecule has 32 heavy (non-hydrogen) atoms. The first-order valence-electron chi connectivity index (χ1n) is 10.5. The van der Waals surface area contributed by atoms with Crippen LogP contribution in [0.25, 0.3) is 22.2 Å². The highest BCUT2D eigenvalue weighted by Crippen LogP contribution is 2.43. The molecule has 0 atom stereocenters. The van der Waals surface area contributed by atoms with Gasteiger partial charge in [0.1, 0.15) is 0 Å². The van der Waals surface area contributed by atoms with Gasteiger partial charge in [0.15, 0.2) is 11.5 Å². The summed E-state index contributed by atoms with van der Waals surface area (Å²) in [5, 5.41) is 3.85. The van der Waals surface area contributed by atoms with Gasteiger partial charge in [0.05, 0.1) is 18.9 Å². The van der Waals surface area contributed by atoms with E-state index in [0.29, 0.717) is 16.7 Å². The number of rotatable bonds is 8. The highest BCUT2D eigenvalue weighted by atomic mass is 32.2. The molecule has 1 amide bonds. The monoisotopic (exact) mass is 457 g/mol. The van der Waals surface area contributed by atoms with Gasteiger partial charge in [-0.2, -0.15) is 8.42 Å². The van der Waals surface area contributed by atoms with E-state index in [0.717, 1.165) is 42.5 Å². The zero-order valence-electron chi connectivity index (χ0n) is 18.6. The number of aromatic amines is 1. The van der Waals surface area contributed by atoms with Crippen molar-refractivity contribution in [3.8, 4) is 22.8 Å². The van der Waals surface area contributed by atoms with Gasteiger partial charge >= 0.3 is 10.1 Å². The average Bonchev–Trinajstić information content (AvgIpc) is 3.36. The molecule has 0 aliphatic carbocycles. The maximum Gasteiger partial charge on any atom is 0.306 e. The maximum atomic E-state index is 12.7. The molecule has 1 aromatic heterocycles. The lowest BCUT2D eigenvalue weighted by molar-refractivity contribution is 0.0966. The first kappa shape index (κ1) is 22.2. The fourth-order valence-electron chi connectivity index (χ4n) is 4.17. The Morgan fingerprint density at radius 3 is 2.56 bits per heavy atom. The predicted molar refractivity (Wildman–Crippen MR) is 124 cm³/mol. The molecule has 3 aromatic rings. The van der Waals surface area contributed by atoms with Gasteiger partial charge in [-0.15, -0.1) is 0 Å². The number of amides is 1. The Bertz CT molecular complexity index is 1290. The summed E-state index contributed by atoms with van der Waals surface area (Å²) in [5.74, 6) is 0.0196. The summed E-state index contributed by atoms with van der Waals surface area (Å²) in [6.45, 7) is 7.18. The Balaban J connectivity index is 1.89. The highest BCUT2D eigenvalue weighted by Gasteiger charge is 2.32. The molecule has 8 nitrogen and oxygen atoms in total. The average molecular weight is 458 g/mol. The second-order valence-corrected chi connectivity index (χ2v) is 9.38. The molecule has 0 unspecified atom stereocenters. The first-order chi connectivity index (χ1) is 15.3. The summed E-state index contributed by atoms with van der Waals surface area (Å²) < 4.78 is 34.2. The van der Waals surface area contributed by atoms with E-state index in [9.17, 15) is 13.2 Å². The fourth-order valence-corrected chi connectivity index (χ4v) is 4.66. The molecule has 2 aromatic carbocycles. The van der Waals surface area contributed by atoms with Crippen molar-refractivity contribution >= 4 is 26.9 Å². The van der Waals surface area contributed by atoms with Crippen molar-refractivity contribution in [2.24, 2.45) is 0 Å². The summed E-state index contributed by atoms with van der Waals surface area (Å²) in [7, 11) is -2.36. The third-order valence-corrected chi connectivity index (χ3v) is 6.25. The molecule has 9 heteroatoms. The van der Waals surface area contributed by atoms with Gasteiger partial charge in [0.2, 0.25) is 0 Å². The van der Waals surface area contributed by atoms with Crippen LogP contribution in [0.4, 0.5) is 0 Å². The van der Waals surface area contributed by atoms with Crippen LogP contribution in [0.5, 0.6) is 11.5 Å². The summed E-state index contributed by atoms with van der Waals surface area (Å²) in [6, 6.07) is 9.81. The van der Waals surface area contributed by atoms with E-state index < -0.39 is 10.1 Å². The number of carbonyl (C=O) groups is 1. The zero-order valence-corrected chi connectivity index (χ0v) is 19.4. The second-order valence-electron chi connectivity index (χ2n) is 7.80. The van der Waals surface area contributed by atoms with Crippen molar-refractivity contribution in [2.45, 2.75) is 26.9 Å². The summed E-state index contributed by atoms with van der Waals surface area (Å²) in [5.41, 5.74) is 4.41. The molecule has 0 fully saturated rings. The van der Waals surface area contributed by atoms with Crippen molar-refractivity contribution in [3.05, 3.63) is 47.0 Å². The topological polar surface area (TPSA) is 101 Å². The van der Waals surface area contributed by atoms with Crippen molar-refractivity contribution in [1.82, 2.24) is 15.2 Å². The maximum absolute atomic E-state index is 12.7. The Labute approximate surface area is 187 Å². The number of H-pyrrole nitrogens is 1. The number of ether oxygens (including phenoxy) is 1. The quantitative estimate of drug-likeness (QED) is 0.504. The summed E-state index contributed by atoms with van der Waals surface area (Å²) in [6.07, 6.45) is 0.964. The number of nitrogens with one attached hydrogen (secondary N) is 2. The second kappa shape index (κ2) is 8.48. The van der Waals surface area contributed by atoms with E-state index in [2.05, 4.69) is 35.1 Å². The molecule has 0 saturated carbocycles. The van der Waals surface area contributed by atoms with Crippen LogP contribution >= 0.6 is 0 Å². The van der Waals surface area contributed by atoms with Crippen LogP contribution in [0.15, 0.2) is 30.3 Å². The Morgan fingerprint density at radius 2 is 1.91 bits per heavy atom. The molecule has 1 aliphatic heterocycles. The fraction of sp³-hybridized carbons (Fsp3) is 0.348. The van der Waals surface area contributed by atoms with Gasteiger partial charge in [-0.25, -0.2) is 0 Å². The van der Waals surface area contributed by atoms with Crippen LogP contribution in [0.3, 0.4) is 0 Å². The Hall–Kier alpha value is -3.04. The van der Waals surface area contributed by atoms with Crippen LogP contribution < -0.4 is 14.2 Å². The molecule has 170 valence electrons. The minimum absolute atomic E-state index is 0.0467. The first-order valence-corrected chi connectivity index (χ1v) is 12.3. The van der Waals surface area contributed by atoms with E-state index in [-0.39, 0.29) is 24.0 Å². The number of aromatic nitrogens is 1. The lowest BCUT2D eigenvalue weighted by atomic mass is 9.98. The molecule has 0 radical (unpaired) electrons. The molecule has 0 spiro atoms. The van der Waals surface area contributed by atoms with E-state index in [4.69, 9.17) is 8.92 Å². The zero-order chi connectivity index (χ0) is 23.0. The van der Waals surface area contributed by atoms with Crippen LogP contribution in [-0.4, -0.2) is 50.7 Å². The molecule has 0 bridgehead atoms. The number of benzene rings is 2. The number of methoxy groups -OCH3 is 1. The summed E-state index contributed by atoms with van der Waals surface area (Å²) >= 11 is 0. The Morgan fingerprint density at radius 1 is 1.16 bits per heavy atom. The van der Waals surface area contributed by atoms with Crippen molar-refractivity contribution in [3.63, 3.8) is 0 Å². The molecule has 2 heterocycles. The number of hydrogen-bond donors (Lipinski definition) is 2. The molecule has 0 saturated heterocycles. The largest absolute Gasteiger partial charge is 0.493 e. The van der Waals surface area contributed by atoms with E-state index in [1.54, 1.807) is 6.07 Å². The molecular formula is C23H27N3O5S. The molecule has 1 aliphatic rings. The van der Waals surface area contributed by atoms with Gasteiger partial charge in [-0.3, -0.25) is 9.69 Å². The van der Waals surface area contributed by atoms with Gasteiger partial charge < -0.3 is 19.2 Å². The third-order valence-electron chi connectivity index (χ3n) is 5.78. The lowest BCUT2D eigenvalue weighted by Crippen LogP contribution is -2.22. The van der Waals surface area contributed by atoms with Gasteiger partial charge in [0, 0.05) is 40.8 Å². The van der Waals surface area contributed by atoms with Crippen LogP contribution in [-0.2, 0) is 23.2 Å². The van der Waals surface area contributed by atoms with E-state index >= 15 is 0 Å². The predicted octanol–water partition coefficient (Wildman–Crippen LogP) is 3.27. The van der Waals surface area contributed by atoms with Gasteiger partial charge in [-0.05, 0) is 36.9 Å². The van der Waals surface area contributed by atoms with Gasteiger partial charge in [0.25, 0.3) is 5.91 Å². The normalized spacial score (nSPS) is 13.5. The molecule has 4 rings (SSSR count). The smallest absolute Gasteiger partial charge is 0.306 e. The van der Waals surface area contributed by atoms with Crippen LogP contribution in [0.2, 0.25) is 0 Å². The van der Waals surface area contributed by atoms with Crippen molar-refractivity contribution in [2.75, 3.05) is 26.5 Å². The standard InChI is InChI=1S/C23H27N3O5S/c1-5-26(6-2)13-14-8-7-9-18-15(14)10-19(25-18)16-11-20(30-3)22(31-32(4,28)29)17-12-24-23(27)21(16)17/h7-11,25H,5-6,12-13H2,1-4H3,(H,24,27). The van der Waals surface area contributed by atoms with Crippen molar-refractivity contribution in [1.29, 1.82) is 0 Å². The minimum atomic E-state index is -3.80. The van der Waals surface area contributed by atoms with Crippen LogP contribution in [0, 0.1) is 0 Å².